The van der Waals surface area contributed by atoms with Gasteiger partial charge in [-0.05, 0) is 31.0 Å². The second-order valence-electron chi connectivity index (χ2n) is 6.96. The minimum absolute atomic E-state index is 0.0329. The molecule has 12 heteroatoms. The lowest BCUT2D eigenvalue weighted by Gasteiger charge is -2.32. The van der Waals surface area contributed by atoms with Crippen molar-refractivity contribution in [1.29, 1.82) is 0 Å². The SMILES string of the molecule is CN(C(=O)N(c1ccc(F)c(C(F)(F)F)c1)C1CCCC1)c1ncc(SCC(=O)O)s1. The number of thiazole rings is 1. The highest BCUT2D eigenvalue weighted by Gasteiger charge is 2.37. The standard InChI is InChI=1S/C19H19F4N3O3S2/c1-25(17-24-9-16(31-17)30-10-15(27)28)18(29)26(11-4-2-3-5-11)12-6-7-14(20)13(8-12)19(21,22)23/h6-9,11H,2-5,10H2,1H3,(H,27,28). The summed E-state index contributed by atoms with van der Waals surface area (Å²) in [4.78, 5) is 30.6. The first kappa shape index (κ1) is 23.3. The highest BCUT2D eigenvalue weighted by atomic mass is 32.2. The molecule has 3 rings (SSSR count). The molecule has 1 aromatic heterocycles. The Hall–Kier alpha value is -2.34. The summed E-state index contributed by atoms with van der Waals surface area (Å²) >= 11 is 2.16. The number of nitrogens with zero attached hydrogens (tertiary/aromatic N) is 3. The third-order valence-corrected chi connectivity index (χ3v) is 7.07. The van der Waals surface area contributed by atoms with Gasteiger partial charge in [0.1, 0.15) is 5.82 Å². The fraction of sp³-hybridized carbons (Fsp3) is 0.421. The van der Waals surface area contributed by atoms with E-state index in [0.29, 0.717) is 23.1 Å². The molecule has 2 aromatic rings. The topological polar surface area (TPSA) is 73.7 Å². The van der Waals surface area contributed by atoms with Crippen molar-refractivity contribution in [2.24, 2.45) is 0 Å². The first-order valence-electron chi connectivity index (χ1n) is 9.32. The summed E-state index contributed by atoms with van der Waals surface area (Å²) in [6.07, 6.45) is -0.540. The van der Waals surface area contributed by atoms with Gasteiger partial charge >= 0.3 is 18.2 Å². The highest BCUT2D eigenvalue weighted by molar-refractivity contribution is 8.01. The fourth-order valence-electron chi connectivity index (χ4n) is 3.37. The lowest BCUT2D eigenvalue weighted by Crippen LogP contribution is -2.46. The van der Waals surface area contributed by atoms with Crippen molar-refractivity contribution in [1.82, 2.24) is 4.98 Å². The number of alkyl halides is 3. The van der Waals surface area contributed by atoms with Gasteiger partial charge in [-0.15, -0.1) is 11.8 Å². The van der Waals surface area contributed by atoms with Crippen molar-refractivity contribution in [3.05, 3.63) is 35.8 Å². The molecule has 1 N–H and O–H groups in total. The van der Waals surface area contributed by atoms with Crippen LogP contribution >= 0.6 is 23.1 Å². The van der Waals surface area contributed by atoms with Crippen LogP contribution in [0, 0.1) is 5.82 Å². The molecule has 0 unspecified atom stereocenters. The molecule has 0 atom stereocenters. The monoisotopic (exact) mass is 477 g/mol. The summed E-state index contributed by atoms with van der Waals surface area (Å²) < 4.78 is 54.0. The Labute approximate surface area is 183 Å². The molecule has 31 heavy (non-hydrogen) atoms. The van der Waals surface area contributed by atoms with Gasteiger partial charge in [-0.25, -0.2) is 14.2 Å². The lowest BCUT2D eigenvalue weighted by molar-refractivity contribution is -0.140. The Morgan fingerprint density at radius 1 is 1.29 bits per heavy atom. The number of benzene rings is 1. The molecule has 1 aliphatic carbocycles. The molecule has 1 fully saturated rings. The molecule has 0 aliphatic heterocycles. The van der Waals surface area contributed by atoms with Gasteiger partial charge in [0.15, 0.2) is 5.13 Å². The number of anilines is 2. The average Bonchev–Trinajstić information content (AvgIpc) is 3.38. The minimum Gasteiger partial charge on any atom is -0.481 e. The molecule has 1 heterocycles. The molecule has 1 aromatic carbocycles. The van der Waals surface area contributed by atoms with E-state index in [4.69, 9.17) is 5.11 Å². The zero-order chi connectivity index (χ0) is 22.8. The Bertz CT molecular complexity index is 961. The Kier molecular flexibility index (Phi) is 7.10. The smallest absolute Gasteiger partial charge is 0.419 e. The molecule has 168 valence electrons. The van der Waals surface area contributed by atoms with Crippen molar-refractivity contribution in [2.45, 2.75) is 42.1 Å². The van der Waals surface area contributed by atoms with Gasteiger partial charge in [0, 0.05) is 18.8 Å². The van der Waals surface area contributed by atoms with E-state index in [1.54, 1.807) is 0 Å². The van der Waals surface area contributed by atoms with Gasteiger partial charge in [-0.1, -0.05) is 24.2 Å². The van der Waals surface area contributed by atoms with E-state index in [9.17, 15) is 27.2 Å². The molecule has 2 amide bonds. The number of hydrogen-bond donors (Lipinski definition) is 1. The Morgan fingerprint density at radius 2 is 1.97 bits per heavy atom. The summed E-state index contributed by atoms with van der Waals surface area (Å²) in [7, 11) is 1.45. The number of rotatable bonds is 6. The van der Waals surface area contributed by atoms with Crippen molar-refractivity contribution in [3.63, 3.8) is 0 Å². The second kappa shape index (κ2) is 9.43. The highest BCUT2D eigenvalue weighted by Crippen LogP contribution is 2.37. The van der Waals surface area contributed by atoms with Crippen molar-refractivity contribution >= 4 is 45.9 Å². The fourth-order valence-corrected chi connectivity index (χ4v) is 5.00. The number of aromatic nitrogens is 1. The van der Waals surface area contributed by atoms with E-state index < -0.39 is 29.6 Å². The van der Waals surface area contributed by atoms with Crippen LogP contribution in [0.1, 0.15) is 31.2 Å². The molecule has 0 radical (unpaired) electrons. The third kappa shape index (κ3) is 5.48. The predicted octanol–water partition coefficient (Wildman–Crippen LogP) is 5.48. The first-order chi connectivity index (χ1) is 14.6. The van der Waals surface area contributed by atoms with E-state index in [1.165, 1.54) is 29.1 Å². The zero-order valence-corrected chi connectivity index (χ0v) is 18.0. The largest absolute Gasteiger partial charge is 0.481 e. The molecule has 1 aliphatic rings. The van der Waals surface area contributed by atoms with Crippen LogP contribution in [-0.2, 0) is 11.0 Å². The minimum atomic E-state index is -4.89. The maximum atomic E-state index is 13.8. The number of carboxylic acids is 1. The maximum absolute atomic E-state index is 13.8. The number of thioether (sulfide) groups is 1. The molecule has 0 spiro atoms. The van der Waals surface area contributed by atoms with Crippen molar-refractivity contribution < 1.29 is 32.3 Å². The molecular weight excluding hydrogens is 458 g/mol. The van der Waals surface area contributed by atoms with Gasteiger partial charge in [-0.2, -0.15) is 13.2 Å². The molecule has 6 nitrogen and oxygen atoms in total. The van der Waals surface area contributed by atoms with Crippen molar-refractivity contribution in [3.8, 4) is 0 Å². The third-order valence-electron chi connectivity index (χ3n) is 4.81. The predicted molar refractivity (Wildman–Crippen MR) is 110 cm³/mol. The molecular formula is C19H19F4N3O3S2. The normalized spacial score (nSPS) is 14.6. The number of carbonyl (C=O) groups excluding carboxylic acids is 1. The average molecular weight is 478 g/mol. The van der Waals surface area contributed by atoms with Crippen LogP contribution in [0.25, 0.3) is 0 Å². The number of hydrogen-bond acceptors (Lipinski definition) is 5. The van der Waals surface area contributed by atoms with E-state index >= 15 is 0 Å². The van der Waals surface area contributed by atoms with E-state index in [-0.39, 0.29) is 22.6 Å². The van der Waals surface area contributed by atoms with Crippen LogP contribution in [0.15, 0.2) is 28.6 Å². The van der Waals surface area contributed by atoms with Crippen LogP contribution in [0.3, 0.4) is 0 Å². The van der Waals surface area contributed by atoms with Crippen molar-refractivity contribution in [2.75, 3.05) is 22.6 Å². The van der Waals surface area contributed by atoms with E-state index in [2.05, 4.69) is 4.98 Å². The van der Waals surface area contributed by atoms with Crippen LogP contribution in [-0.4, -0.2) is 40.9 Å². The number of carboxylic acid groups (broad SMARTS) is 1. The Morgan fingerprint density at radius 3 is 2.58 bits per heavy atom. The first-order valence-corrected chi connectivity index (χ1v) is 11.1. The number of halogens is 4. The number of urea groups is 1. The van der Waals surface area contributed by atoms with Gasteiger partial charge in [0.05, 0.1) is 21.7 Å². The second-order valence-corrected chi connectivity index (χ2v) is 9.24. The quantitative estimate of drug-likeness (QED) is 0.440. The lowest BCUT2D eigenvalue weighted by atomic mass is 10.1. The van der Waals surface area contributed by atoms with Gasteiger partial charge in [-0.3, -0.25) is 14.6 Å². The molecule has 0 saturated heterocycles. The summed E-state index contributed by atoms with van der Waals surface area (Å²) in [6.45, 7) is 0. The number of aliphatic carboxylic acids is 1. The van der Waals surface area contributed by atoms with Crippen LogP contribution in [0.2, 0.25) is 0 Å². The number of amides is 2. The van der Waals surface area contributed by atoms with Gasteiger partial charge in [0.2, 0.25) is 0 Å². The van der Waals surface area contributed by atoms with Gasteiger partial charge < -0.3 is 5.11 Å². The molecule has 0 bridgehead atoms. The molecule has 1 saturated carbocycles. The summed E-state index contributed by atoms with van der Waals surface area (Å²) in [5.74, 6) is -2.56. The number of carbonyl (C=O) groups is 2. The Balaban J connectivity index is 1.91. The van der Waals surface area contributed by atoms with E-state index in [1.807, 2.05) is 0 Å². The van der Waals surface area contributed by atoms with Gasteiger partial charge in [0.25, 0.3) is 0 Å². The van der Waals surface area contributed by atoms with Crippen LogP contribution in [0.4, 0.5) is 33.2 Å². The van der Waals surface area contributed by atoms with E-state index in [0.717, 1.165) is 42.0 Å². The van der Waals surface area contributed by atoms with Crippen LogP contribution < -0.4 is 9.80 Å². The summed E-state index contributed by atoms with van der Waals surface area (Å²) in [6, 6.07) is 1.65. The maximum Gasteiger partial charge on any atom is 0.419 e. The summed E-state index contributed by atoms with van der Waals surface area (Å²) in [5.41, 5.74) is -1.46. The summed E-state index contributed by atoms with van der Waals surface area (Å²) in [5, 5.41) is 9.06. The van der Waals surface area contributed by atoms with Crippen LogP contribution in [0.5, 0.6) is 0 Å². The zero-order valence-electron chi connectivity index (χ0n) is 16.4.